The van der Waals surface area contributed by atoms with Crippen LogP contribution in [0.2, 0.25) is 0 Å². The third-order valence-electron chi connectivity index (χ3n) is 2.14. The molecule has 0 saturated carbocycles. The lowest BCUT2D eigenvalue weighted by molar-refractivity contribution is 0.0600. The Kier molecular flexibility index (Phi) is 21.4. The van der Waals surface area contributed by atoms with Gasteiger partial charge in [-0.1, -0.05) is 89.2 Å². The lowest BCUT2D eigenvalue weighted by Crippen LogP contribution is -1.99. The summed E-state index contributed by atoms with van der Waals surface area (Å²) in [6.07, 6.45) is 0. The van der Waals surface area contributed by atoms with E-state index in [2.05, 4.69) is 23.8 Å². The van der Waals surface area contributed by atoms with Crippen LogP contribution in [0.4, 0.5) is 0 Å². The van der Waals surface area contributed by atoms with Gasteiger partial charge in [-0.05, 0) is 19.1 Å². The fourth-order valence-electron chi connectivity index (χ4n) is 1.23. The van der Waals surface area contributed by atoms with Crippen molar-refractivity contribution in [1.29, 1.82) is 0 Å². The maximum atomic E-state index is 10.8. The van der Waals surface area contributed by atoms with Crippen molar-refractivity contribution in [2.45, 2.75) is 42.0 Å². The first-order chi connectivity index (χ1) is 10.2. The number of aryl methyl sites for hydroxylation is 1. The summed E-state index contributed by atoms with van der Waals surface area (Å²) in [6, 6.07) is 19.1. The molecule has 0 fully saturated rings. The number of carbonyl (C=O) groups is 1. The number of ether oxygens (including phenoxy) is 1. The molecule has 0 unspecified atom stereocenters. The fourth-order valence-corrected chi connectivity index (χ4v) is 1.23. The minimum Gasteiger partial charge on any atom is -0.465 e. The van der Waals surface area contributed by atoms with E-state index in [0.29, 0.717) is 5.56 Å². The van der Waals surface area contributed by atoms with E-state index in [-0.39, 0.29) is 13.4 Å². The van der Waals surface area contributed by atoms with Crippen LogP contribution >= 0.6 is 0 Å². The van der Waals surface area contributed by atoms with Crippen molar-refractivity contribution in [2.75, 3.05) is 7.11 Å². The molecule has 0 saturated heterocycles. The van der Waals surface area contributed by atoms with Gasteiger partial charge in [0.15, 0.2) is 0 Å². The Balaban J connectivity index is -0.000000266. The third-order valence-corrected chi connectivity index (χ3v) is 2.14. The van der Waals surface area contributed by atoms with Gasteiger partial charge in [-0.3, -0.25) is 0 Å². The Morgan fingerprint density at radius 2 is 1.14 bits per heavy atom. The lowest BCUT2D eigenvalue weighted by Gasteiger charge is -1.95. The minimum atomic E-state index is -0.291. The highest BCUT2D eigenvalue weighted by Crippen LogP contribution is 1.98. The zero-order chi connectivity index (χ0) is 16.5. The van der Waals surface area contributed by atoms with Crippen LogP contribution in [0.3, 0.4) is 0 Å². The molecule has 0 radical (unpaired) electrons. The Hall–Kier alpha value is -2.09. The van der Waals surface area contributed by atoms with Crippen LogP contribution in [0, 0.1) is 6.92 Å². The molecule has 0 aliphatic rings. The molecule has 2 heteroatoms. The van der Waals surface area contributed by atoms with Gasteiger partial charge in [0, 0.05) is 0 Å². The van der Waals surface area contributed by atoms with Gasteiger partial charge >= 0.3 is 5.97 Å². The van der Waals surface area contributed by atoms with Gasteiger partial charge in [-0.25, -0.2) is 4.79 Å². The maximum Gasteiger partial charge on any atom is 0.337 e. The molecule has 2 nitrogen and oxygen atoms in total. The van der Waals surface area contributed by atoms with Gasteiger partial charge in [0.25, 0.3) is 0 Å². The number of hydrogen-bond acceptors (Lipinski definition) is 2. The fraction of sp³-hybridized carbons (Fsp3) is 0.350. The summed E-state index contributed by atoms with van der Waals surface area (Å²) in [6.45, 7) is 10.1. The molecule has 0 N–H and O–H groups in total. The summed E-state index contributed by atoms with van der Waals surface area (Å²) in [5.74, 6) is -0.291. The number of benzene rings is 2. The van der Waals surface area contributed by atoms with Crippen molar-refractivity contribution in [3.05, 3.63) is 71.8 Å². The maximum absolute atomic E-state index is 10.8. The second-order valence-corrected chi connectivity index (χ2v) is 3.51. The predicted octanol–water partition coefficient (Wildman–Crippen LogP) is 6.16. The average Bonchev–Trinajstić information content (AvgIpc) is 2.60. The molecule has 2 aromatic carbocycles. The number of esters is 1. The second kappa shape index (κ2) is 18.9. The van der Waals surface area contributed by atoms with E-state index in [4.69, 9.17) is 0 Å². The molecule has 0 amide bonds. The molecule has 22 heavy (non-hydrogen) atoms. The first kappa shape index (κ1) is 24.9. The van der Waals surface area contributed by atoms with Crippen molar-refractivity contribution in [1.82, 2.24) is 0 Å². The molecule has 0 bridgehead atoms. The first-order valence-corrected chi connectivity index (χ1v) is 7.39. The topological polar surface area (TPSA) is 26.3 Å². The van der Waals surface area contributed by atoms with Gasteiger partial charge < -0.3 is 4.74 Å². The van der Waals surface area contributed by atoms with Crippen LogP contribution in [0.5, 0.6) is 0 Å². The SMILES string of the molecule is C.CC.CC.COC(=O)c1ccccc1.Cc1ccccc1. The van der Waals surface area contributed by atoms with E-state index in [1.807, 2.05) is 52.0 Å². The van der Waals surface area contributed by atoms with E-state index in [0.717, 1.165) is 0 Å². The normalized spacial score (nSPS) is 7.36. The Morgan fingerprint density at radius 3 is 1.41 bits per heavy atom. The highest BCUT2D eigenvalue weighted by molar-refractivity contribution is 5.89. The van der Waals surface area contributed by atoms with Crippen molar-refractivity contribution in [3.63, 3.8) is 0 Å². The molecule has 0 heterocycles. The van der Waals surface area contributed by atoms with Crippen LogP contribution in [0.1, 0.15) is 51.0 Å². The van der Waals surface area contributed by atoms with Gasteiger partial charge in [-0.15, -0.1) is 0 Å². The number of methoxy groups -OCH3 is 1. The summed E-state index contributed by atoms with van der Waals surface area (Å²) in [5.41, 5.74) is 1.91. The number of rotatable bonds is 1. The summed E-state index contributed by atoms with van der Waals surface area (Å²) in [5, 5.41) is 0. The standard InChI is InChI=1S/C8H8O2.C7H8.2C2H6.CH4/c1-10-8(9)7-5-3-2-4-6-7;1-7-5-3-2-4-6-7;2*1-2;/h2-6H,1H3;2-6H,1H3;2*1-2H3;1H4. The number of carbonyl (C=O) groups excluding carboxylic acids is 1. The molecule has 0 aliphatic carbocycles. The quantitative estimate of drug-likeness (QED) is 0.590. The predicted molar refractivity (Wildman–Crippen MR) is 98.4 cm³/mol. The molecular formula is C20H32O2. The molecule has 2 aromatic rings. The van der Waals surface area contributed by atoms with E-state index in [1.54, 1.807) is 24.3 Å². The van der Waals surface area contributed by atoms with Crippen LogP contribution in [-0.2, 0) is 4.74 Å². The van der Waals surface area contributed by atoms with E-state index < -0.39 is 0 Å². The second-order valence-electron chi connectivity index (χ2n) is 3.51. The van der Waals surface area contributed by atoms with Crippen molar-refractivity contribution < 1.29 is 9.53 Å². The van der Waals surface area contributed by atoms with Crippen molar-refractivity contribution in [2.24, 2.45) is 0 Å². The molecule has 0 spiro atoms. The Bertz CT molecular complexity index is 436. The monoisotopic (exact) mass is 304 g/mol. The van der Waals surface area contributed by atoms with E-state index in [1.165, 1.54) is 12.7 Å². The van der Waals surface area contributed by atoms with Crippen LogP contribution in [-0.4, -0.2) is 13.1 Å². The smallest absolute Gasteiger partial charge is 0.337 e. The lowest BCUT2D eigenvalue weighted by atomic mass is 10.2. The number of hydrogen-bond donors (Lipinski definition) is 0. The van der Waals surface area contributed by atoms with E-state index in [9.17, 15) is 4.79 Å². The zero-order valence-corrected chi connectivity index (χ0v) is 14.1. The molecule has 2 rings (SSSR count). The summed E-state index contributed by atoms with van der Waals surface area (Å²) < 4.78 is 4.50. The molecular weight excluding hydrogens is 272 g/mol. The Labute approximate surface area is 137 Å². The van der Waals surface area contributed by atoms with Gasteiger partial charge in [-0.2, -0.15) is 0 Å². The molecule has 0 aliphatic heterocycles. The van der Waals surface area contributed by atoms with Gasteiger partial charge in [0.1, 0.15) is 0 Å². The average molecular weight is 304 g/mol. The van der Waals surface area contributed by atoms with Crippen molar-refractivity contribution >= 4 is 5.97 Å². The summed E-state index contributed by atoms with van der Waals surface area (Å²) in [4.78, 5) is 10.8. The zero-order valence-electron chi connectivity index (χ0n) is 14.1. The summed E-state index contributed by atoms with van der Waals surface area (Å²) in [7, 11) is 1.37. The highest BCUT2D eigenvalue weighted by Gasteiger charge is 2.00. The van der Waals surface area contributed by atoms with Crippen LogP contribution < -0.4 is 0 Å². The van der Waals surface area contributed by atoms with Crippen molar-refractivity contribution in [3.8, 4) is 0 Å². The molecule has 124 valence electrons. The molecule has 0 aromatic heterocycles. The Morgan fingerprint density at radius 1 is 0.773 bits per heavy atom. The largest absolute Gasteiger partial charge is 0.465 e. The third kappa shape index (κ3) is 12.9. The highest BCUT2D eigenvalue weighted by atomic mass is 16.5. The van der Waals surface area contributed by atoms with Gasteiger partial charge in [0.2, 0.25) is 0 Å². The van der Waals surface area contributed by atoms with Crippen LogP contribution in [0.25, 0.3) is 0 Å². The summed E-state index contributed by atoms with van der Waals surface area (Å²) >= 11 is 0. The van der Waals surface area contributed by atoms with E-state index >= 15 is 0 Å². The van der Waals surface area contributed by atoms with Crippen LogP contribution in [0.15, 0.2) is 60.7 Å². The van der Waals surface area contributed by atoms with Gasteiger partial charge in [0.05, 0.1) is 12.7 Å². The first-order valence-electron chi connectivity index (χ1n) is 7.39. The molecule has 0 atom stereocenters. The minimum absolute atomic E-state index is 0.